The van der Waals surface area contributed by atoms with Gasteiger partial charge in [-0.3, -0.25) is 4.79 Å². The summed E-state index contributed by atoms with van der Waals surface area (Å²) in [6.45, 7) is 6.14. The molecule has 0 bridgehead atoms. The molecular formula is C19H29ClN2O4. The molecule has 26 heavy (non-hydrogen) atoms. The summed E-state index contributed by atoms with van der Waals surface area (Å²) in [5.41, 5.74) is 8.97. The smallest absolute Gasteiger partial charge is 0.220 e. The molecule has 6 nitrogen and oxygen atoms in total. The van der Waals surface area contributed by atoms with Crippen molar-refractivity contribution in [2.24, 2.45) is 5.73 Å². The summed E-state index contributed by atoms with van der Waals surface area (Å²) >= 11 is 0. The van der Waals surface area contributed by atoms with Gasteiger partial charge in [-0.2, -0.15) is 0 Å². The zero-order valence-electron chi connectivity index (χ0n) is 16.3. The first-order chi connectivity index (χ1) is 11.9. The summed E-state index contributed by atoms with van der Waals surface area (Å²) in [5.74, 6) is 2.21. The van der Waals surface area contributed by atoms with Gasteiger partial charge in [0.1, 0.15) is 11.5 Å². The van der Waals surface area contributed by atoms with E-state index < -0.39 is 0 Å². The number of nitrogens with two attached hydrogens (primary N) is 1. The summed E-state index contributed by atoms with van der Waals surface area (Å²) in [4.78, 5) is 15.6. The van der Waals surface area contributed by atoms with E-state index >= 15 is 0 Å². The number of aromatic nitrogens is 1. The summed E-state index contributed by atoms with van der Waals surface area (Å²) in [6.07, 6.45) is 3.20. The average molecular weight is 385 g/mol. The highest BCUT2D eigenvalue weighted by molar-refractivity contribution is 5.99. The zero-order chi connectivity index (χ0) is 19.0. The number of ketones is 1. The number of nitrogens with zero attached hydrogens (tertiary/aromatic N) is 1. The largest absolute Gasteiger partial charge is 0.496 e. The Labute approximate surface area is 161 Å². The number of ether oxygens (including phenoxy) is 3. The number of hydrogen-bond donors (Lipinski definition) is 1. The minimum atomic E-state index is 0. The highest BCUT2D eigenvalue weighted by Gasteiger charge is 2.18. The fourth-order valence-electron chi connectivity index (χ4n) is 2.57. The van der Waals surface area contributed by atoms with Crippen molar-refractivity contribution in [2.75, 3.05) is 27.9 Å². The van der Waals surface area contributed by atoms with Gasteiger partial charge >= 0.3 is 0 Å². The Morgan fingerprint density at radius 1 is 1.15 bits per heavy atom. The number of aryl methyl sites for hydroxylation is 1. The molecule has 1 heterocycles. The van der Waals surface area contributed by atoms with E-state index in [-0.39, 0.29) is 24.7 Å². The lowest BCUT2D eigenvalue weighted by atomic mass is 9.97. The molecule has 0 saturated carbocycles. The minimum absolute atomic E-state index is 0. The molecule has 2 rings (SSSR count). The van der Waals surface area contributed by atoms with Crippen LogP contribution in [0.5, 0.6) is 11.6 Å². The molecule has 1 aromatic heterocycles. The van der Waals surface area contributed by atoms with Crippen molar-refractivity contribution in [1.82, 2.24) is 4.98 Å². The number of halogens is 1. The van der Waals surface area contributed by atoms with Gasteiger partial charge < -0.3 is 19.9 Å². The van der Waals surface area contributed by atoms with E-state index in [4.69, 9.17) is 19.9 Å². The number of pyridine rings is 1. The first kappa shape index (κ1) is 23.9. The van der Waals surface area contributed by atoms with Crippen LogP contribution in [0.15, 0.2) is 29.0 Å². The Hall–Kier alpha value is -2.05. The maximum Gasteiger partial charge on any atom is 0.220 e. The first-order valence-corrected chi connectivity index (χ1v) is 8.17. The molecule has 7 heteroatoms. The second-order valence-corrected chi connectivity index (χ2v) is 5.65. The van der Waals surface area contributed by atoms with Crippen LogP contribution in [0.1, 0.15) is 31.5 Å². The molecule has 0 unspecified atom stereocenters. The lowest BCUT2D eigenvalue weighted by Crippen LogP contribution is -2.18. The molecule has 0 spiro atoms. The highest BCUT2D eigenvalue weighted by atomic mass is 35.5. The van der Waals surface area contributed by atoms with Crippen molar-refractivity contribution in [3.63, 3.8) is 0 Å². The van der Waals surface area contributed by atoms with E-state index in [0.717, 1.165) is 29.0 Å². The third-order valence-corrected chi connectivity index (χ3v) is 3.82. The maximum absolute atomic E-state index is 11.3. The zero-order valence-corrected chi connectivity index (χ0v) is 17.2. The van der Waals surface area contributed by atoms with Gasteiger partial charge in [0.15, 0.2) is 5.78 Å². The van der Waals surface area contributed by atoms with E-state index in [9.17, 15) is 4.79 Å². The standard InChI is InChI=1S/C10H15NO2.C9H13NO2.ClH/c1-5-8-9(12-3)6-7(2)11-10(8)13-4;1-6-3-8(11)7(5-10)9(4-6)12-2;/h6H,5H2,1-4H3;4H,3,5,10H2,1-2H3;1H. The highest BCUT2D eigenvalue weighted by Crippen LogP contribution is 2.27. The Kier molecular flexibility index (Phi) is 10.6. The number of allylic oxidation sites excluding steroid dienone is 2. The quantitative estimate of drug-likeness (QED) is 0.839. The molecule has 1 aliphatic carbocycles. The number of Topliss-reactive ketones (excluding diaryl/α,β-unsaturated/α-hetero) is 1. The Morgan fingerprint density at radius 2 is 1.81 bits per heavy atom. The topological polar surface area (TPSA) is 83.7 Å². The van der Waals surface area contributed by atoms with Gasteiger partial charge in [-0.25, -0.2) is 4.98 Å². The van der Waals surface area contributed by atoms with E-state index in [1.54, 1.807) is 21.3 Å². The van der Waals surface area contributed by atoms with Crippen LogP contribution in [0.3, 0.4) is 0 Å². The van der Waals surface area contributed by atoms with Crippen LogP contribution < -0.4 is 15.2 Å². The molecule has 0 saturated heterocycles. The van der Waals surface area contributed by atoms with Crippen molar-refractivity contribution < 1.29 is 19.0 Å². The van der Waals surface area contributed by atoms with Gasteiger partial charge in [0, 0.05) is 24.7 Å². The predicted octanol–water partition coefficient (Wildman–Crippen LogP) is 3.16. The van der Waals surface area contributed by atoms with Crippen LogP contribution in [0.2, 0.25) is 0 Å². The summed E-state index contributed by atoms with van der Waals surface area (Å²) in [7, 11) is 4.83. The van der Waals surface area contributed by atoms with Crippen molar-refractivity contribution in [3.8, 4) is 11.6 Å². The molecule has 0 amide bonds. The Morgan fingerprint density at radius 3 is 2.27 bits per heavy atom. The maximum atomic E-state index is 11.3. The van der Waals surface area contributed by atoms with Crippen molar-refractivity contribution in [3.05, 3.63) is 40.3 Å². The fraction of sp³-hybridized carbons (Fsp3) is 0.474. The summed E-state index contributed by atoms with van der Waals surface area (Å²) in [6, 6.07) is 1.92. The molecule has 146 valence electrons. The molecule has 1 aliphatic rings. The van der Waals surface area contributed by atoms with E-state index in [1.807, 2.05) is 26.0 Å². The van der Waals surface area contributed by atoms with Crippen LogP contribution in [0.25, 0.3) is 0 Å². The van der Waals surface area contributed by atoms with E-state index in [0.29, 0.717) is 23.6 Å². The Balaban J connectivity index is 0.000000464. The number of carbonyl (C=O) groups is 1. The van der Waals surface area contributed by atoms with Crippen molar-refractivity contribution in [1.29, 1.82) is 0 Å². The van der Waals surface area contributed by atoms with E-state index in [1.165, 1.54) is 0 Å². The second kappa shape index (κ2) is 11.5. The third kappa shape index (κ3) is 6.04. The molecule has 2 N–H and O–H groups in total. The van der Waals surface area contributed by atoms with Gasteiger partial charge in [-0.05, 0) is 26.3 Å². The molecular weight excluding hydrogens is 356 g/mol. The second-order valence-electron chi connectivity index (χ2n) is 5.65. The number of carbonyl (C=O) groups excluding carboxylic acids is 1. The van der Waals surface area contributed by atoms with Crippen LogP contribution in [-0.2, 0) is 16.0 Å². The van der Waals surface area contributed by atoms with Crippen LogP contribution in [-0.4, -0.2) is 38.6 Å². The number of rotatable bonds is 5. The minimum Gasteiger partial charge on any atom is -0.496 e. The van der Waals surface area contributed by atoms with Crippen molar-refractivity contribution in [2.45, 2.75) is 33.6 Å². The van der Waals surface area contributed by atoms with E-state index in [2.05, 4.69) is 11.9 Å². The third-order valence-electron chi connectivity index (χ3n) is 3.82. The molecule has 0 atom stereocenters. The monoisotopic (exact) mass is 384 g/mol. The van der Waals surface area contributed by atoms with Gasteiger partial charge in [-0.15, -0.1) is 12.4 Å². The molecule has 0 radical (unpaired) electrons. The van der Waals surface area contributed by atoms with Gasteiger partial charge in [0.2, 0.25) is 5.88 Å². The lowest BCUT2D eigenvalue weighted by Gasteiger charge is -2.14. The van der Waals surface area contributed by atoms with Gasteiger partial charge in [0.25, 0.3) is 0 Å². The molecule has 0 aliphatic heterocycles. The normalized spacial score (nSPS) is 13.2. The average Bonchev–Trinajstić information content (AvgIpc) is 2.60. The summed E-state index contributed by atoms with van der Waals surface area (Å²) < 4.78 is 15.4. The Bertz CT molecular complexity index is 659. The lowest BCUT2D eigenvalue weighted by molar-refractivity contribution is -0.115. The van der Waals surface area contributed by atoms with Crippen LogP contribution >= 0.6 is 12.4 Å². The molecule has 0 aromatic carbocycles. The van der Waals surface area contributed by atoms with Gasteiger partial charge in [-0.1, -0.05) is 12.5 Å². The predicted molar refractivity (Wildman–Crippen MR) is 105 cm³/mol. The van der Waals surface area contributed by atoms with Gasteiger partial charge in [0.05, 0.1) is 32.5 Å². The first-order valence-electron chi connectivity index (χ1n) is 8.17. The SMILES string of the molecule is CCc1c(OC)cc(C)nc1OC.COC1=C(CN)C(=O)CC(C)=C1.Cl. The molecule has 1 aromatic rings. The number of methoxy groups -OCH3 is 3. The van der Waals surface area contributed by atoms with Crippen molar-refractivity contribution >= 4 is 18.2 Å². The fourth-order valence-corrected chi connectivity index (χ4v) is 2.57. The number of hydrogen-bond acceptors (Lipinski definition) is 6. The molecule has 0 fully saturated rings. The van der Waals surface area contributed by atoms with Crippen LogP contribution in [0, 0.1) is 6.92 Å². The summed E-state index contributed by atoms with van der Waals surface area (Å²) in [5, 5.41) is 0. The van der Waals surface area contributed by atoms with Crippen LogP contribution in [0.4, 0.5) is 0 Å².